The zero-order valence-corrected chi connectivity index (χ0v) is 11.3. The third-order valence-corrected chi connectivity index (χ3v) is 3.20. The molecule has 0 aliphatic heterocycles. The van der Waals surface area contributed by atoms with Crippen molar-refractivity contribution in [3.05, 3.63) is 23.0 Å². The topological polar surface area (TPSA) is 58.3 Å². The third-order valence-electron chi connectivity index (χ3n) is 2.91. The van der Waals surface area contributed by atoms with E-state index in [9.17, 15) is 4.39 Å². The molecule has 1 aromatic rings. The predicted octanol–water partition coefficient (Wildman–Crippen LogP) is 3.27. The summed E-state index contributed by atoms with van der Waals surface area (Å²) >= 11 is 5.63. The monoisotopic (exact) mass is 274 g/mol. The number of aliphatic hydroxyl groups excluding tert-OH is 1. The number of aliphatic hydroxyl groups is 1. The van der Waals surface area contributed by atoms with Gasteiger partial charge in [-0.3, -0.25) is 0 Å². The first-order chi connectivity index (χ1) is 8.58. The van der Waals surface area contributed by atoms with E-state index in [0.717, 1.165) is 19.3 Å². The van der Waals surface area contributed by atoms with Gasteiger partial charge in [0, 0.05) is 19.2 Å². The molecular formula is C13H20ClFN2O. The molecular weight excluding hydrogens is 255 g/mol. The number of hydrogen-bond donors (Lipinski definition) is 3. The van der Waals surface area contributed by atoms with E-state index in [1.165, 1.54) is 12.1 Å². The number of halogens is 2. The minimum atomic E-state index is -0.484. The lowest BCUT2D eigenvalue weighted by Crippen LogP contribution is -2.16. The van der Waals surface area contributed by atoms with E-state index in [4.69, 9.17) is 22.4 Å². The first kappa shape index (κ1) is 15.1. The van der Waals surface area contributed by atoms with Gasteiger partial charge in [0.2, 0.25) is 0 Å². The summed E-state index contributed by atoms with van der Waals surface area (Å²) in [5.41, 5.74) is 6.74. The molecule has 18 heavy (non-hydrogen) atoms. The lowest BCUT2D eigenvalue weighted by atomic mass is 10.00. The van der Waals surface area contributed by atoms with Crippen molar-refractivity contribution < 1.29 is 9.50 Å². The van der Waals surface area contributed by atoms with E-state index in [2.05, 4.69) is 12.2 Å². The molecule has 1 unspecified atom stereocenters. The molecule has 5 heteroatoms. The van der Waals surface area contributed by atoms with Gasteiger partial charge in [-0.1, -0.05) is 24.9 Å². The van der Waals surface area contributed by atoms with Crippen LogP contribution < -0.4 is 11.1 Å². The Morgan fingerprint density at radius 2 is 2.17 bits per heavy atom. The van der Waals surface area contributed by atoms with Gasteiger partial charge in [0.25, 0.3) is 0 Å². The van der Waals surface area contributed by atoms with Crippen molar-refractivity contribution in [3.63, 3.8) is 0 Å². The molecule has 0 saturated carbocycles. The molecule has 1 aromatic carbocycles. The highest BCUT2D eigenvalue weighted by Crippen LogP contribution is 2.26. The van der Waals surface area contributed by atoms with Gasteiger partial charge >= 0.3 is 0 Å². The molecule has 0 amide bonds. The van der Waals surface area contributed by atoms with Crippen LogP contribution in [0.3, 0.4) is 0 Å². The Hall–Kier alpha value is -1.00. The molecule has 0 spiro atoms. The first-order valence-corrected chi connectivity index (χ1v) is 6.55. The number of nitrogen functional groups attached to an aromatic ring is 1. The largest absolute Gasteiger partial charge is 0.397 e. The lowest BCUT2D eigenvalue weighted by Gasteiger charge is -2.17. The van der Waals surface area contributed by atoms with Gasteiger partial charge in [-0.05, 0) is 24.8 Å². The Bertz CT molecular complexity index is 381. The first-order valence-electron chi connectivity index (χ1n) is 6.17. The maximum Gasteiger partial charge on any atom is 0.143 e. The normalized spacial score (nSPS) is 12.4. The number of rotatable bonds is 7. The molecule has 0 saturated heterocycles. The van der Waals surface area contributed by atoms with Crippen LogP contribution in [-0.4, -0.2) is 18.3 Å². The quantitative estimate of drug-likeness (QED) is 0.669. The van der Waals surface area contributed by atoms with Crippen LogP contribution in [0.1, 0.15) is 26.2 Å². The van der Waals surface area contributed by atoms with Crippen LogP contribution in [0.15, 0.2) is 12.1 Å². The van der Waals surface area contributed by atoms with E-state index in [1.807, 2.05) is 0 Å². The van der Waals surface area contributed by atoms with E-state index in [1.54, 1.807) is 0 Å². The van der Waals surface area contributed by atoms with Crippen LogP contribution in [0.2, 0.25) is 5.02 Å². The minimum Gasteiger partial charge on any atom is -0.397 e. The van der Waals surface area contributed by atoms with Crippen molar-refractivity contribution in [1.29, 1.82) is 0 Å². The highest BCUT2D eigenvalue weighted by atomic mass is 35.5. The average molecular weight is 275 g/mol. The summed E-state index contributed by atoms with van der Waals surface area (Å²) in [6.45, 7) is 2.93. The molecule has 0 aromatic heterocycles. The molecule has 0 aliphatic carbocycles. The van der Waals surface area contributed by atoms with E-state index >= 15 is 0 Å². The fraction of sp³-hybridized carbons (Fsp3) is 0.538. The van der Waals surface area contributed by atoms with Crippen molar-refractivity contribution in [3.8, 4) is 0 Å². The Labute approximate surface area is 112 Å². The summed E-state index contributed by atoms with van der Waals surface area (Å²) in [7, 11) is 0. The summed E-state index contributed by atoms with van der Waals surface area (Å²) in [5, 5.41) is 12.1. The standard InChI is InChI=1S/C13H20ClFN2O/c1-2-3-9(4-5-18)8-17-13-7-11(15)10(14)6-12(13)16/h6-7,9,17-18H,2-5,8,16H2,1H3. The molecule has 0 bridgehead atoms. The Balaban J connectivity index is 2.64. The van der Waals surface area contributed by atoms with Crippen molar-refractivity contribution >= 4 is 23.0 Å². The van der Waals surface area contributed by atoms with Crippen molar-refractivity contribution in [1.82, 2.24) is 0 Å². The molecule has 0 heterocycles. The summed E-state index contributed by atoms with van der Waals surface area (Å²) in [6, 6.07) is 2.71. The van der Waals surface area contributed by atoms with Crippen molar-refractivity contribution in [2.24, 2.45) is 5.92 Å². The maximum atomic E-state index is 13.3. The van der Waals surface area contributed by atoms with Crippen LogP contribution >= 0.6 is 11.6 Å². The highest BCUT2D eigenvalue weighted by molar-refractivity contribution is 6.31. The van der Waals surface area contributed by atoms with Gasteiger partial charge < -0.3 is 16.2 Å². The molecule has 1 rings (SSSR count). The third kappa shape index (κ3) is 4.35. The van der Waals surface area contributed by atoms with Crippen LogP contribution in [-0.2, 0) is 0 Å². The van der Waals surface area contributed by atoms with E-state index in [-0.39, 0.29) is 11.6 Å². The van der Waals surface area contributed by atoms with Crippen LogP contribution in [0, 0.1) is 11.7 Å². The van der Waals surface area contributed by atoms with Gasteiger partial charge in [0.05, 0.1) is 16.4 Å². The maximum absolute atomic E-state index is 13.3. The molecule has 0 aliphatic rings. The second kappa shape index (κ2) is 7.44. The van der Waals surface area contributed by atoms with Crippen molar-refractivity contribution in [2.45, 2.75) is 26.2 Å². The fourth-order valence-corrected chi connectivity index (χ4v) is 2.08. The van der Waals surface area contributed by atoms with E-state index in [0.29, 0.717) is 23.8 Å². The van der Waals surface area contributed by atoms with Crippen molar-refractivity contribution in [2.75, 3.05) is 24.2 Å². The summed E-state index contributed by atoms with van der Waals surface area (Å²) in [4.78, 5) is 0. The molecule has 1 atom stereocenters. The molecule has 0 radical (unpaired) electrons. The molecule has 4 N–H and O–H groups in total. The summed E-state index contributed by atoms with van der Waals surface area (Å²) < 4.78 is 13.3. The zero-order valence-electron chi connectivity index (χ0n) is 10.5. The Kier molecular flexibility index (Phi) is 6.22. The van der Waals surface area contributed by atoms with Crippen LogP contribution in [0.5, 0.6) is 0 Å². The second-order valence-electron chi connectivity index (χ2n) is 4.40. The number of nitrogens with two attached hydrogens (primary N) is 1. The average Bonchev–Trinajstić information content (AvgIpc) is 2.32. The highest BCUT2D eigenvalue weighted by Gasteiger charge is 2.10. The molecule has 0 fully saturated rings. The molecule has 102 valence electrons. The second-order valence-corrected chi connectivity index (χ2v) is 4.81. The van der Waals surface area contributed by atoms with Crippen LogP contribution in [0.4, 0.5) is 15.8 Å². The Morgan fingerprint density at radius 1 is 1.44 bits per heavy atom. The van der Waals surface area contributed by atoms with E-state index < -0.39 is 5.82 Å². The smallest absolute Gasteiger partial charge is 0.143 e. The van der Waals surface area contributed by atoms with Gasteiger partial charge in [-0.15, -0.1) is 0 Å². The molecule has 3 nitrogen and oxygen atoms in total. The lowest BCUT2D eigenvalue weighted by molar-refractivity contribution is 0.255. The van der Waals surface area contributed by atoms with Gasteiger partial charge in [0.1, 0.15) is 5.82 Å². The number of hydrogen-bond acceptors (Lipinski definition) is 3. The summed E-state index contributed by atoms with van der Waals surface area (Å²) in [5.74, 6) is -0.124. The SMILES string of the molecule is CCCC(CCO)CNc1cc(F)c(Cl)cc1N. The summed E-state index contributed by atoms with van der Waals surface area (Å²) in [6.07, 6.45) is 2.80. The Morgan fingerprint density at radius 3 is 2.78 bits per heavy atom. The minimum absolute atomic E-state index is 0.0264. The van der Waals surface area contributed by atoms with Crippen LogP contribution in [0.25, 0.3) is 0 Å². The number of nitrogens with one attached hydrogen (secondary N) is 1. The predicted molar refractivity (Wildman–Crippen MR) is 74.4 cm³/mol. The van der Waals surface area contributed by atoms with Gasteiger partial charge in [0.15, 0.2) is 0 Å². The van der Waals surface area contributed by atoms with Gasteiger partial charge in [-0.2, -0.15) is 0 Å². The number of benzene rings is 1. The van der Waals surface area contributed by atoms with Gasteiger partial charge in [-0.25, -0.2) is 4.39 Å². The number of anilines is 2. The fourth-order valence-electron chi connectivity index (χ4n) is 1.91. The zero-order chi connectivity index (χ0) is 13.5.